The van der Waals surface area contributed by atoms with Gasteiger partial charge in [0.1, 0.15) is 23.9 Å². The van der Waals surface area contributed by atoms with E-state index in [9.17, 15) is 0 Å². The van der Waals surface area contributed by atoms with E-state index in [1.165, 1.54) is 0 Å². The molecule has 1 aromatic heterocycles. The van der Waals surface area contributed by atoms with Crippen molar-refractivity contribution in [3.05, 3.63) is 46.3 Å². The minimum atomic E-state index is 0.366. The molecule has 18 heavy (non-hydrogen) atoms. The van der Waals surface area contributed by atoms with Gasteiger partial charge < -0.3 is 19.6 Å². The van der Waals surface area contributed by atoms with Crippen LogP contribution in [0.25, 0.3) is 0 Å². The van der Waals surface area contributed by atoms with Crippen LogP contribution in [-0.2, 0) is 13.2 Å². The summed E-state index contributed by atoms with van der Waals surface area (Å²) in [4.78, 5) is 0. The van der Waals surface area contributed by atoms with Gasteiger partial charge in [0.15, 0.2) is 0 Å². The number of methoxy groups -OCH3 is 1. The van der Waals surface area contributed by atoms with Gasteiger partial charge in [0.05, 0.1) is 17.8 Å². The van der Waals surface area contributed by atoms with Gasteiger partial charge in [0.2, 0.25) is 0 Å². The molecule has 0 amide bonds. The molecule has 0 radical (unpaired) electrons. The van der Waals surface area contributed by atoms with Crippen LogP contribution in [0.3, 0.4) is 0 Å². The quantitative estimate of drug-likeness (QED) is 0.922. The van der Waals surface area contributed by atoms with Crippen LogP contribution in [-0.4, -0.2) is 7.11 Å². The number of halogens is 1. The molecule has 0 saturated heterocycles. The Morgan fingerprint density at radius 2 is 2.17 bits per heavy atom. The highest BCUT2D eigenvalue weighted by atomic mass is 79.9. The summed E-state index contributed by atoms with van der Waals surface area (Å²) in [7, 11) is 1.62. The maximum absolute atomic E-state index is 5.64. The molecule has 0 atom stereocenters. The number of hydrogen-bond acceptors (Lipinski definition) is 4. The predicted molar refractivity (Wildman–Crippen MR) is 71.6 cm³/mol. The summed E-state index contributed by atoms with van der Waals surface area (Å²) in [5.41, 5.74) is 6.46. The molecule has 2 N–H and O–H groups in total. The van der Waals surface area contributed by atoms with E-state index in [1.807, 2.05) is 24.3 Å². The molecule has 0 bridgehead atoms. The highest BCUT2D eigenvalue weighted by Crippen LogP contribution is 2.29. The van der Waals surface area contributed by atoms with Crippen molar-refractivity contribution in [3.8, 4) is 11.5 Å². The van der Waals surface area contributed by atoms with E-state index in [-0.39, 0.29) is 0 Å². The van der Waals surface area contributed by atoms with Crippen molar-refractivity contribution in [1.82, 2.24) is 0 Å². The molecule has 0 unspecified atom stereocenters. The third kappa shape index (κ3) is 3.05. The van der Waals surface area contributed by atoms with E-state index in [4.69, 9.17) is 19.6 Å². The summed E-state index contributed by atoms with van der Waals surface area (Å²) in [6.07, 6.45) is 1.64. The average Bonchev–Trinajstić information content (AvgIpc) is 2.85. The van der Waals surface area contributed by atoms with Crippen LogP contribution < -0.4 is 15.2 Å². The monoisotopic (exact) mass is 311 g/mol. The summed E-state index contributed by atoms with van der Waals surface area (Å²) in [5, 5.41) is 0. The molecule has 4 nitrogen and oxygen atoms in total. The Labute approximate surface area is 114 Å². The summed E-state index contributed by atoms with van der Waals surface area (Å²) in [6.45, 7) is 0.834. The molecule has 1 aromatic carbocycles. The highest BCUT2D eigenvalue weighted by molar-refractivity contribution is 9.10. The lowest BCUT2D eigenvalue weighted by Gasteiger charge is -2.08. The lowest BCUT2D eigenvalue weighted by atomic mass is 10.3. The minimum absolute atomic E-state index is 0.366. The number of ether oxygens (including phenoxy) is 2. The smallest absolute Gasteiger partial charge is 0.146 e. The Bertz CT molecular complexity index is 525. The fraction of sp³-hybridized carbons (Fsp3) is 0.231. The molecule has 0 saturated carbocycles. The summed E-state index contributed by atoms with van der Waals surface area (Å²) in [6, 6.07) is 7.42. The number of benzene rings is 1. The second kappa shape index (κ2) is 5.93. The van der Waals surface area contributed by atoms with E-state index in [0.717, 1.165) is 27.3 Å². The Morgan fingerprint density at radius 3 is 2.78 bits per heavy atom. The van der Waals surface area contributed by atoms with Gasteiger partial charge in [-0.2, -0.15) is 0 Å². The fourth-order valence-electron chi connectivity index (χ4n) is 1.48. The van der Waals surface area contributed by atoms with Crippen LogP contribution in [0, 0.1) is 0 Å². The number of rotatable bonds is 5. The van der Waals surface area contributed by atoms with Crippen molar-refractivity contribution in [1.29, 1.82) is 0 Å². The SMILES string of the molecule is COc1ccc(OCc2cc(CN)co2)c(Br)c1. The molecule has 1 heterocycles. The second-order valence-electron chi connectivity index (χ2n) is 3.71. The zero-order valence-corrected chi connectivity index (χ0v) is 11.6. The molecule has 0 spiro atoms. The molecule has 2 rings (SSSR count). The molecule has 2 aromatic rings. The largest absolute Gasteiger partial charge is 0.497 e. The van der Waals surface area contributed by atoms with Gasteiger partial charge in [-0.05, 0) is 40.2 Å². The number of furan rings is 1. The van der Waals surface area contributed by atoms with E-state index in [1.54, 1.807) is 13.4 Å². The first-order valence-electron chi connectivity index (χ1n) is 5.45. The molecular weight excluding hydrogens is 298 g/mol. The Hall–Kier alpha value is -1.46. The Kier molecular flexibility index (Phi) is 4.28. The molecule has 0 fully saturated rings. The van der Waals surface area contributed by atoms with Crippen LogP contribution in [0.4, 0.5) is 0 Å². The van der Waals surface area contributed by atoms with Crippen LogP contribution in [0.15, 0.2) is 39.4 Å². The van der Waals surface area contributed by atoms with E-state index < -0.39 is 0 Å². The maximum atomic E-state index is 5.64. The second-order valence-corrected chi connectivity index (χ2v) is 4.56. The van der Waals surface area contributed by atoms with Gasteiger partial charge in [-0.15, -0.1) is 0 Å². The fourth-order valence-corrected chi connectivity index (χ4v) is 1.96. The third-order valence-electron chi connectivity index (χ3n) is 2.45. The Morgan fingerprint density at radius 1 is 1.33 bits per heavy atom. The highest BCUT2D eigenvalue weighted by Gasteiger charge is 2.05. The molecule has 96 valence electrons. The first-order chi connectivity index (χ1) is 8.72. The van der Waals surface area contributed by atoms with Crippen molar-refractivity contribution in [2.75, 3.05) is 7.11 Å². The zero-order chi connectivity index (χ0) is 13.0. The van der Waals surface area contributed by atoms with E-state index >= 15 is 0 Å². The minimum Gasteiger partial charge on any atom is -0.497 e. The van der Waals surface area contributed by atoms with Gasteiger partial charge in [0, 0.05) is 12.1 Å². The van der Waals surface area contributed by atoms with Gasteiger partial charge in [-0.25, -0.2) is 0 Å². The summed E-state index contributed by atoms with van der Waals surface area (Å²) >= 11 is 3.42. The van der Waals surface area contributed by atoms with Crippen molar-refractivity contribution < 1.29 is 13.9 Å². The lowest BCUT2D eigenvalue weighted by Crippen LogP contribution is -1.96. The summed E-state index contributed by atoms with van der Waals surface area (Å²) < 4.78 is 16.9. The lowest BCUT2D eigenvalue weighted by molar-refractivity contribution is 0.268. The normalized spacial score (nSPS) is 10.4. The standard InChI is InChI=1S/C13H14BrNO3/c1-16-10-2-3-13(12(14)5-10)18-8-11-4-9(6-15)7-17-11/h2-5,7H,6,8,15H2,1H3. The first kappa shape index (κ1) is 13.0. The van der Waals surface area contributed by atoms with Crippen molar-refractivity contribution in [3.63, 3.8) is 0 Å². The van der Waals surface area contributed by atoms with E-state index in [0.29, 0.717) is 13.2 Å². The van der Waals surface area contributed by atoms with Gasteiger partial charge >= 0.3 is 0 Å². The molecule has 5 heteroatoms. The zero-order valence-electron chi connectivity index (χ0n) is 9.98. The topological polar surface area (TPSA) is 57.6 Å². The average molecular weight is 312 g/mol. The maximum Gasteiger partial charge on any atom is 0.146 e. The van der Waals surface area contributed by atoms with E-state index in [2.05, 4.69) is 15.9 Å². The van der Waals surface area contributed by atoms with Crippen LogP contribution in [0.5, 0.6) is 11.5 Å². The van der Waals surface area contributed by atoms with Crippen LogP contribution >= 0.6 is 15.9 Å². The number of hydrogen-bond donors (Lipinski definition) is 1. The Balaban J connectivity index is 2.01. The van der Waals surface area contributed by atoms with Crippen molar-refractivity contribution in [2.45, 2.75) is 13.2 Å². The first-order valence-corrected chi connectivity index (χ1v) is 6.25. The van der Waals surface area contributed by atoms with Crippen molar-refractivity contribution >= 4 is 15.9 Å². The molecular formula is C13H14BrNO3. The van der Waals surface area contributed by atoms with Gasteiger partial charge in [-0.3, -0.25) is 0 Å². The number of nitrogens with two attached hydrogens (primary N) is 1. The molecule has 0 aliphatic heterocycles. The van der Waals surface area contributed by atoms with Crippen LogP contribution in [0.2, 0.25) is 0 Å². The molecule has 0 aliphatic rings. The van der Waals surface area contributed by atoms with Crippen LogP contribution in [0.1, 0.15) is 11.3 Å². The molecule has 0 aliphatic carbocycles. The van der Waals surface area contributed by atoms with Gasteiger partial charge in [0.25, 0.3) is 0 Å². The van der Waals surface area contributed by atoms with Crippen molar-refractivity contribution in [2.24, 2.45) is 5.73 Å². The predicted octanol–water partition coefficient (Wildman–Crippen LogP) is 3.09. The third-order valence-corrected chi connectivity index (χ3v) is 3.07. The summed E-state index contributed by atoms with van der Waals surface area (Å²) in [5.74, 6) is 2.26. The van der Waals surface area contributed by atoms with Gasteiger partial charge in [-0.1, -0.05) is 0 Å².